The van der Waals surface area contributed by atoms with E-state index < -0.39 is 10.7 Å². The fourth-order valence-electron chi connectivity index (χ4n) is 2.24. The number of aromatic nitrogens is 2. The van der Waals surface area contributed by atoms with Crippen molar-refractivity contribution in [2.75, 3.05) is 13.2 Å². The maximum absolute atomic E-state index is 11.8. The van der Waals surface area contributed by atoms with Gasteiger partial charge < -0.3 is 9.15 Å². The van der Waals surface area contributed by atoms with E-state index in [0.29, 0.717) is 25.3 Å². The molecule has 0 spiro atoms. The van der Waals surface area contributed by atoms with Gasteiger partial charge in [0.15, 0.2) is 0 Å². The molecule has 1 unspecified atom stereocenters. The minimum absolute atomic E-state index is 0.0244. The lowest BCUT2D eigenvalue weighted by atomic mass is 10.1. The minimum Gasteiger partial charge on any atom is -0.388 e. The highest BCUT2D eigenvalue weighted by atomic mass is 16.6. The summed E-state index contributed by atoms with van der Waals surface area (Å²) in [7, 11) is 0. The number of hydrogen-bond donors (Lipinski definition) is 0. The fourth-order valence-corrected chi connectivity index (χ4v) is 2.24. The molecule has 2 heterocycles. The quantitative estimate of drug-likeness (QED) is 0.624. The Morgan fingerprint density at radius 1 is 1.38 bits per heavy atom. The number of hydrogen-bond acceptors (Lipinski definition) is 6. The molecular weight excluding hydrogens is 278 g/mol. The van der Waals surface area contributed by atoms with Crippen LogP contribution in [0.2, 0.25) is 0 Å². The molecule has 0 saturated carbocycles. The topological polar surface area (TPSA) is 100 Å². The predicted octanol–water partition coefficient (Wildman–Crippen LogP) is 1.45. The Balaban J connectivity index is 1.82. The predicted molar refractivity (Wildman–Crippen MR) is 71.8 cm³/mol. The van der Waals surface area contributed by atoms with Crippen LogP contribution >= 0.6 is 0 Å². The number of ether oxygens (including phenoxy) is 1. The molecule has 21 heavy (non-hydrogen) atoms. The molecule has 1 aliphatic heterocycles. The average Bonchev–Trinajstić information content (AvgIpc) is 3.10. The summed E-state index contributed by atoms with van der Waals surface area (Å²) in [5.74, 6) is -0.110. The van der Waals surface area contributed by atoms with Crippen LogP contribution in [0.25, 0.3) is 11.5 Å². The lowest BCUT2D eigenvalue weighted by molar-refractivity contribution is -0.384. The van der Waals surface area contributed by atoms with E-state index in [0.717, 1.165) is 6.42 Å². The monoisotopic (exact) mass is 291 g/mol. The van der Waals surface area contributed by atoms with Crippen LogP contribution in [0.15, 0.2) is 33.5 Å². The fraction of sp³-hybridized carbons (Fsp3) is 0.385. The molecule has 0 amide bonds. The first-order valence-corrected chi connectivity index (χ1v) is 6.54. The molecule has 1 fully saturated rings. The van der Waals surface area contributed by atoms with E-state index in [4.69, 9.17) is 9.15 Å². The van der Waals surface area contributed by atoms with Gasteiger partial charge in [0.25, 0.3) is 5.69 Å². The van der Waals surface area contributed by atoms with E-state index in [1.165, 1.54) is 28.9 Å². The Morgan fingerprint density at radius 2 is 2.14 bits per heavy atom. The van der Waals surface area contributed by atoms with Crippen LogP contribution in [0.5, 0.6) is 0 Å². The third-order valence-corrected chi connectivity index (χ3v) is 3.39. The molecular formula is C13H13N3O5. The van der Waals surface area contributed by atoms with E-state index in [2.05, 4.69) is 5.10 Å². The number of rotatable bonds is 4. The van der Waals surface area contributed by atoms with Crippen molar-refractivity contribution in [2.24, 2.45) is 5.92 Å². The van der Waals surface area contributed by atoms with E-state index in [9.17, 15) is 14.9 Å². The van der Waals surface area contributed by atoms with Crippen molar-refractivity contribution in [3.05, 3.63) is 44.9 Å². The molecule has 8 nitrogen and oxygen atoms in total. The second kappa shape index (κ2) is 5.49. The van der Waals surface area contributed by atoms with Crippen LogP contribution in [-0.4, -0.2) is 27.9 Å². The number of nitrogens with zero attached hydrogens (tertiary/aromatic N) is 3. The molecule has 1 saturated heterocycles. The van der Waals surface area contributed by atoms with Gasteiger partial charge in [-0.05, 0) is 18.6 Å². The molecule has 0 bridgehead atoms. The first-order valence-electron chi connectivity index (χ1n) is 6.54. The van der Waals surface area contributed by atoms with Gasteiger partial charge in [-0.1, -0.05) is 0 Å². The molecule has 1 aliphatic rings. The largest absolute Gasteiger partial charge is 0.437 e. The smallest absolute Gasteiger partial charge is 0.388 e. The van der Waals surface area contributed by atoms with Gasteiger partial charge in [-0.15, -0.1) is 5.10 Å². The van der Waals surface area contributed by atoms with Gasteiger partial charge in [-0.2, -0.15) is 4.68 Å². The Labute approximate surface area is 119 Å². The molecule has 3 rings (SSSR count). The van der Waals surface area contributed by atoms with Crippen molar-refractivity contribution in [3.63, 3.8) is 0 Å². The van der Waals surface area contributed by atoms with Crippen molar-refractivity contribution < 1.29 is 14.1 Å². The van der Waals surface area contributed by atoms with Gasteiger partial charge in [0, 0.05) is 30.2 Å². The maximum Gasteiger partial charge on any atom is 0.437 e. The van der Waals surface area contributed by atoms with Crippen molar-refractivity contribution in [1.82, 2.24) is 9.78 Å². The van der Waals surface area contributed by atoms with E-state index >= 15 is 0 Å². The molecule has 0 aliphatic carbocycles. The van der Waals surface area contributed by atoms with Crippen molar-refractivity contribution in [2.45, 2.75) is 13.0 Å². The summed E-state index contributed by atoms with van der Waals surface area (Å²) in [6.07, 6.45) is 0.895. The highest BCUT2D eigenvalue weighted by molar-refractivity contribution is 5.55. The summed E-state index contributed by atoms with van der Waals surface area (Å²) in [5.41, 5.74) is 0.503. The minimum atomic E-state index is -0.532. The Hall–Kier alpha value is -2.48. The Kier molecular flexibility index (Phi) is 3.53. The van der Waals surface area contributed by atoms with E-state index in [1.807, 2.05) is 0 Å². The molecule has 0 radical (unpaired) electrons. The van der Waals surface area contributed by atoms with E-state index in [1.54, 1.807) is 0 Å². The summed E-state index contributed by atoms with van der Waals surface area (Å²) >= 11 is 0. The summed E-state index contributed by atoms with van der Waals surface area (Å²) in [4.78, 5) is 21.9. The van der Waals surface area contributed by atoms with Gasteiger partial charge in [-0.3, -0.25) is 10.1 Å². The number of nitro benzene ring substituents is 1. The molecule has 8 heteroatoms. The lowest BCUT2D eigenvalue weighted by Crippen LogP contribution is -2.21. The summed E-state index contributed by atoms with van der Waals surface area (Å²) in [6.45, 7) is 1.77. The van der Waals surface area contributed by atoms with Crippen LogP contribution in [0.3, 0.4) is 0 Å². The summed E-state index contributed by atoms with van der Waals surface area (Å²) in [5, 5.41) is 14.7. The average molecular weight is 291 g/mol. The zero-order chi connectivity index (χ0) is 14.8. The summed E-state index contributed by atoms with van der Waals surface area (Å²) < 4.78 is 11.6. The van der Waals surface area contributed by atoms with Crippen LogP contribution in [0.1, 0.15) is 6.42 Å². The zero-order valence-electron chi connectivity index (χ0n) is 11.1. The van der Waals surface area contributed by atoms with Crippen molar-refractivity contribution in [1.29, 1.82) is 0 Å². The Morgan fingerprint density at radius 3 is 2.76 bits per heavy atom. The van der Waals surface area contributed by atoms with Gasteiger partial charge in [0.05, 0.1) is 18.1 Å². The maximum atomic E-state index is 11.8. The van der Waals surface area contributed by atoms with Gasteiger partial charge in [0.1, 0.15) is 0 Å². The number of non-ortho nitro benzene ring substituents is 1. The van der Waals surface area contributed by atoms with Crippen molar-refractivity contribution in [3.8, 4) is 11.5 Å². The standard InChI is InChI=1S/C13H13N3O5/c17-13-15(7-9-5-6-20-8-9)14-12(21-13)10-1-3-11(4-2-10)16(18)19/h1-4,9H,5-8H2. The van der Waals surface area contributed by atoms with Crippen LogP contribution < -0.4 is 5.76 Å². The highest BCUT2D eigenvalue weighted by Crippen LogP contribution is 2.20. The second-order valence-electron chi connectivity index (χ2n) is 4.89. The Bertz CT molecular complexity index is 697. The third-order valence-electron chi connectivity index (χ3n) is 3.39. The third kappa shape index (κ3) is 2.84. The zero-order valence-corrected chi connectivity index (χ0v) is 11.1. The molecule has 1 aromatic heterocycles. The molecule has 2 aromatic rings. The number of benzene rings is 1. The van der Waals surface area contributed by atoms with Crippen LogP contribution in [0.4, 0.5) is 5.69 Å². The molecule has 110 valence electrons. The van der Waals surface area contributed by atoms with Gasteiger partial charge >= 0.3 is 5.76 Å². The van der Waals surface area contributed by atoms with Crippen LogP contribution in [-0.2, 0) is 11.3 Å². The van der Waals surface area contributed by atoms with Crippen LogP contribution in [0, 0.1) is 16.0 Å². The number of nitro groups is 1. The van der Waals surface area contributed by atoms with Gasteiger partial charge in [0.2, 0.25) is 5.89 Å². The van der Waals surface area contributed by atoms with Crippen molar-refractivity contribution >= 4 is 5.69 Å². The first kappa shape index (κ1) is 13.5. The molecule has 0 N–H and O–H groups in total. The molecule has 1 aromatic carbocycles. The van der Waals surface area contributed by atoms with E-state index in [-0.39, 0.29) is 17.5 Å². The second-order valence-corrected chi connectivity index (χ2v) is 4.89. The summed E-state index contributed by atoms with van der Waals surface area (Å²) in [6, 6.07) is 5.71. The molecule has 1 atom stereocenters. The highest BCUT2D eigenvalue weighted by Gasteiger charge is 2.19. The SMILES string of the molecule is O=c1oc(-c2ccc([N+](=O)[O-])cc2)nn1CC1CCOC1. The van der Waals surface area contributed by atoms with Gasteiger partial charge in [-0.25, -0.2) is 4.79 Å². The first-order chi connectivity index (χ1) is 10.1. The lowest BCUT2D eigenvalue weighted by Gasteiger charge is -2.04. The normalized spacial score (nSPS) is 18.0.